The molecule has 0 radical (unpaired) electrons. The molecule has 0 bridgehead atoms. The predicted octanol–water partition coefficient (Wildman–Crippen LogP) is 6.11. The largest absolute Gasteiger partial charge is 0.267 e. The fourth-order valence-electron chi connectivity index (χ4n) is 3.13. The molecule has 0 saturated heterocycles. The molecule has 0 amide bonds. The summed E-state index contributed by atoms with van der Waals surface area (Å²) in [5, 5.41) is 10.0. The highest BCUT2D eigenvalue weighted by Gasteiger charge is 2.19. The van der Waals surface area contributed by atoms with Gasteiger partial charge in [0.25, 0.3) is 0 Å². The Kier molecular flexibility index (Phi) is 5.02. The van der Waals surface area contributed by atoms with Gasteiger partial charge in [-0.2, -0.15) is 0 Å². The molecule has 0 fully saturated rings. The van der Waals surface area contributed by atoms with Crippen molar-refractivity contribution in [2.75, 3.05) is 0 Å². The summed E-state index contributed by atoms with van der Waals surface area (Å²) in [6, 6.07) is 20.9. The van der Waals surface area contributed by atoms with Crippen LogP contribution in [0.4, 0.5) is 8.78 Å². The van der Waals surface area contributed by atoms with E-state index in [0.29, 0.717) is 16.7 Å². The summed E-state index contributed by atoms with van der Waals surface area (Å²) in [5.74, 6) is -0.245. The molecule has 8 heteroatoms. The Hall–Kier alpha value is -3.10. The van der Waals surface area contributed by atoms with E-state index in [9.17, 15) is 8.78 Å². The molecule has 0 unspecified atom stereocenters. The fraction of sp³-hybridized carbons (Fsp3) is 0.0455. The minimum atomic E-state index is -0.672. The Morgan fingerprint density at radius 1 is 0.900 bits per heavy atom. The van der Waals surface area contributed by atoms with Crippen molar-refractivity contribution < 1.29 is 8.78 Å². The van der Waals surface area contributed by atoms with Crippen molar-refractivity contribution in [2.45, 2.75) is 10.9 Å². The highest BCUT2D eigenvalue weighted by molar-refractivity contribution is 7.98. The lowest BCUT2D eigenvalue weighted by molar-refractivity contribution is 0.575. The van der Waals surface area contributed by atoms with Crippen LogP contribution in [0.25, 0.3) is 27.3 Å². The number of hydrogen-bond donors (Lipinski definition) is 0. The molecule has 5 rings (SSSR count). The number of thiazole rings is 1. The Bertz CT molecular complexity index is 1300. The van der Waals surface area contributed by atoms with Crippen LogP contribution in [0, 0.1) is 11.6 Å². The summed E-state index contributed by atoms with van der Waals surface area (Å²) in [6.45, 7) is 0. The van der Waals surface area contributed by atoms with Gasteiger partial charge in [-0.15, -0.1) is 21.5 Å². The number of halogens is 2. The zero-order chi connectivity index (χ0) is 20.5. The van der Waals surface area contributed by atoms with Crippen LogP contribution in [0.2, 0.25) is 0 Å². The molecule has 0 spiro atoms. The number of hydrogen-bond acceptors (Lipinski definition) is 5. The summed E-state index contributed by atoms with van der Waals surface area (Å²) in [4.78, 5) is 4.64. The highest BCUT2D eigenvalue weighted by Crippen LogP contribution is 2.32. The van der Waals surface area contributed by atoms with Gasteiger partial charge in [0.05, 0.1) is 21.7 Å². The molecule has 0 aliphatic heterocycles. The molecule has 0 N–H and O–H groups in total. The molecule has 0 aliphatic rings. The predicted molar refractivity (Wildman–Crippen MR) is 116 cm³/mol. The zero-order valence-electron chi connectivity index (χ0n) is 15.5. The van der Waals surface area contributed by atoms with Gasteiger partial charge in [-0.3, -0.25) is 4.57 Å². The molecular formula is C22H14F2N4S2. The third-order valence-electron chi connectivity index (χ3n) is 4.48. The van der Waals surface area contributed by atoms with E-state index in [1.165, 1.54) is 23.9 Å². The minimum absolute atomic E-state index is 0.201. The lowest BCUT2D eigenvalue weighted by atomic mass is 10.2. The van der Waals surface area contributed by atoms with Gasteiger partial charge in [0.2, 0.25) is 0 Å². The number of aromatic nitrogens is 4. The number of thioether (sulfide) groups is 1. The first-order valence-electron chi connectivity index (χ1n) is 9.12. The van der Waals surface area contributed by atoms with Gasteiger partial charge in [-0.05, 0) is 24.3 Å². The smallest absolute Gasteiger partial charge is 0.196 e. The topological polar surface area (TPSA) is 43.6 Å². The van der Waals surface area contributed by atoms with E-state index in [-0.39, 0.29) is 5.69 Å². The van der Waals surface area contributed by atoms with Crippen molar-refractivity contribution in [3.63, 3.8) is 0 Å². The van der Waals surface area contributed by atoms with Crippen molar-refractivity contribution in [1.29, 1.82) is 0 Å². The molecule has 5 aromatic rings. The van der Waals surface area contributed by atoms with Gasteiger partial charge in [-0.1, -0.05) is 54.2 Å². The van der Waals surface area contributed by atoms with Gasteiger partial charge in [0.15, 0.2) is 11.0 Å². The van der Waals surface area contributed by atoms with Crippen molar-refractivity contribution in [3.8, 4) is 17.1 Å². The van der Waals surface area contributed by atoms with Crippen LogP contribution in [0.1, 0.15) is 5.01 Å². The number of rotatable bonds is 5. The monoisotopic (exact) mass is 436 g/mol. The van der Waals surface area contributed by atoms with Crippen molar-refractivity contribution in [1.82, 2.24) is 19.7 Å². The van der Waals surface area contributed by atoms with E-state index >= 15 is 0 Å². The van der Waals surface area contributed by atoms with E-state index in [4.69, 9.17) is 0 Å². The lowest BCUT2D eigenvalue weighted by Crippen LogP contribution is -2.03. The standard InChI is InChI=1S/C22H14F2N4S2/c23-15-10-11-18(16(24)12-15)28-21(14-6-2-1-3-7-14)26-27-22(28)29-13-20-25-17-8-4-5-9-19(17)30-20/h1-12H,13H2. The van der Waals surface area contributed by atoms with Crippen LogP contribution in [-0.4, -0.2) is 19.7 Å². The molecule has 30 heavy (non-hydrogen) atoms. The first-order chi connectivity index (χ1) is 14.7. The molecular weight excluding hydrogens is 422 g/mol. The van der Waals surface area contributed by atoms with Crippen molar-refractivity contribution in [3.05, 3.63) is 89.4 Å². The maximum absolute atomic E-state index is 14.7. The van der Waals surface area contributed by atoms with Crippen LogP contribution in [-0.2, 0) is 5.75 Å². The number of nitrogens with zero attached hydrogens (tertiary/aromatic N) is 4. The second-order valence-corrected chi connectivity index (χ2v) is 8.53. The normalized spacial score (nSPS) is 11.3. The summed E-state index contributed by atoms with van der Waals surface area (Å²) in [7, 11) is 0. The maximum atomic E-state index is 14.7. The second kappa shape index (κ2) is 7.97. The highest BCUT2D eigenvalue weighted by atomic mass is 32.2. The summed E-state index contributed by atoms with van der Waals surface area (Å²) in [5.41, 5.74) is 1.95. The third-order valence-corrected chi connectivity index (χ3v) is 6.64. The first kappa shape index (κ1) is 18.9. The zero-order valence-corrected chi connectivity index (χ0v) is 17.1. The quantitative estimate of drug-likeness (QED) is 0.312. The van der Waals surface area contributed by atoms with E-state index in [0.717, 1.165) is 26.9 Å². The first-order valence-corrected chi connectivity index (χ1v) is 10.9. The number of fused-ring (bicyclic) bond motifs is 1. The Balaban J connectivity index is 1.55. The van der Waals surface area contributed by atoms with Gasteiger partial charge < -0.3 is 0 Å². The average Bonchev–Trinajstić information content (AvgIpc) is 3.36. The van der Waals surface area contributed by atoms with Gasteiger partial charge in [-0.25, -0.2) is 13.8 Å². The molecule has 3 aromatic carbocycles. The van der Waals surface area contributed by atoms with Crippen LogP contribution in [0.3, 0.4) is 0 Å². The average molecular weight is 437 g/mol. The number of benzene rings is 3. The van der Waals surface area contributed by atoms with Crippen LogP contribution in [0.15, 0.2) is 78.0 Å². The van der Waals surface area contributed by atoms with Crippen molar-refractivity contribution >= 4 is 33.3 Å². The van der Waals surface area contributed by atoms with Crippen LogP contribution >= 0.6 is 23.1 Å². The molecule has 0 aliphatic carbocycles. The summed E-state index contributed by atoms with van der Waals surface area (Å²) in [6.07, 6.45) is 0. The molecule has 4 nitrogen and oxygen atoms in total. The van der Waals surface area contributed by atoms with E-state index in [1.54, 1.807) is 15.9 Å². The SMILES string of the molecule is Fc1ccc(-n2c(SCc3nc4ccccc4s3)nnc2-c2ccccc2)c(F)c1. The van der Waals surface area contributed by atoms with E-state index in [2.05, 4.69) is 15.2 Å². The molecule has 2 heterocycles. The summed E-state index contributed by atoms with van der Waals surface area (Å²) < 4.78 is 30.9. The molecule has 0 saturated carbocycles. The van der Waals surface area contributed by atoms with E-state index in [1.807, 2.05) is 54.6 Å². The second-order valence-electron chi connectivity index (χ2n) is 6.47. The summed E-state index contributed by atoms with van der Waals surface area (Å²) >= 11 is 3.03. The third kappa shape index (κ3) is 3.59. The Morgan fingerprint density at radius 3 is 2.50 bits per heavy atom. The van der Waals surface area contributed by atoms with Gasteiger partial charge in [0.1, 0.15) is 16.6 Å². The minimum Gasteiger partial charge on any atom is -0.267 e. The van der Waals surface area contributed by atoms with Gasteiger partial charge in [0, 0.05) is 11.6 Å². The molecule has 148 valence electrons. The molecule has 2 aromatic heterocycles. The Labute approximate surface area is 179 Å². The van der Waals surface area contributed by atoms with Gasteiger partial charge >= 0.3 is 0 Å². The van der Waals surface area contributed by atoms with E-state index < -0.39 is 11.6 Å². The van der Waals surface area contributed by atoms with Crippen LogP contribution < -0.4 is 0 Å². The van der Waals surface area contributed by atoms with Crippen LogP contribution in [0.5, 0.6) is 0 Å². The Morgan fingerprint density at radius 2 is 1.70 bits per heavy atom. The maximum Gasteiger partial charge on any atom is 0.196 e. The lowest BCUT2D eigenvalue weighted by Gasteiger charge is -2.11. The molecule has 0 atom stereocenters. The fourth-order valence-corrected chi connectivity index (χ4v) is 5.03. The number of para-hydroxylation sites is 1. The van der Waals surface area contributed by atoms with Crippen molar-refractivity contribution in [2.24, 2.45) is 0 Å².